The summed E-state index contributed by atoms with van der Waals surface area (Å²) in [5.41, 5.74) is 1.20. The highest BCUT2D eigenvalue weighted by atomic mass is 19.1. The highest BCUT2D eigenvalue weighted by molar-refractivity contribution is 5.19. The lowest BCUT2D eigenvalue weighted by Gasteiger charge is -2.24. The summed E-state index contributed by atoms with van der Waals surface area (Å²) in [5.74, 6) is -0.156. The van der Waals surface area contributed by atoms with Crippen molar-refractivity contribution in [1.82, 2.24) is 10.2 Å². The van der Waals surface area contributed by atoms with Crippen molar-refractivity contribution in [1.29, 1.82) is 0 Å². The minimum atomic E-state index is -0.156. The van der Waals surface area contributed by atoms with Crippen LogP contribution in [0.25, 0.3) is 0 Å². The molecule has 1 aromatic carbocycles. The fraction of sp³-hybridized carbons (Fsp3) is 0.647. The maximum atomic E-state index is 13.0. The number of hydrogen-bond acceptors (Lipinski definition) is 2. The molecule has 1 atom stereocenters. The summed E-state index contributed by atoms with van der Waals surface area (Å²) >= 11 is 0. The summed E-state index contributed by atoms with van der Waals surface area (Å²) in [6.07, 6.45) is 6.53. The average Bonchev–Trinajstić information content (AvgIpc) is 2.73. The van der Waals surface area contributed by atoms with Crippen LogP contribution in [0, 0.1) is 5.82 Å². The maximum Gasteiger partial charge on any atom is 0.123 e. The lowest BCUT2D eigenvalue weighted by atomic mass is 10.0. The van der Waals surface area contributed by atoms with Crippen molar-refractivity contribution in [2.75, 3.05) is 26.2 Å². The van der Waals surface area contributed by atoms with Crippen molar-refractivity contribution in [2.24, 2.45) is 0 Å². The molecule has 2 nitrogen and oxygen atoms in total. The topological polar surface area (TPSA) is 15.3 Å². The van der Waals surface area contributed by atoms with E-state index in [0.29, 0.717) is 6.04 Å². The van der Waals surface area contributed by atoms with E-state index < -0.39 is 0 Å². The lowest BCUT2D eigenvalue weighted by Crippen LogP contribution is -2.30. The fourth-order valence-corrected chi connectivity index (χ4v) is 3.00. The number of hydrogen-bond donors (Lipinski definition) is 1. The van der Waals surface area contributed by atoms with Gasteiger partial charge in [-0.2, -0.15) is 0 Å². The molecule has 1 heterocycles. The van der Waals surface area contributed by atoms with Crippen molar-refractivity contribution < 1.29 is 4.39 Å². The Morgan fingerprint density at radius 2 is 1.75 bits per heavy atom. The molecule has 2 rings (SSSR count). The molecule has 1 saturated heterocycles. The van der Waals surface area contributed by atoms with Gasteiger partial charge in [-0.05, 0) is 63.1 Å². The normalized spacial score (nSPS) is 18.7. The predicted molar refractivity (Wildman–Crippen MR) is 82.3 cm³/mol. The minimum absolute atomic E-state index is 0.156. The monoisotopic (exact) mass is 278 g/mol. The number of rotatable bonds is 6. The van der Waals surface area contributed by atoms with E-state index in [1.807, 2.05) is 12.1 Å². The Morgan fingerprint density at radius 1 is 1.10 bits per heavy atom. The molecule has 1 aliphatic rings. The Balaban J connectivity index is 1.89. The fourth-order valence-electron chi connectivity index (χ4n) is 3.00. The van der Waals surface area contributed by atoms with Crippen LogP contribution in [0.5, 0.6) is 0 Å². The maximum absolute atomic E-state index is 13.0. The minimum Gasteiger partial charge on any atom is -0.310 e. The lowest BCUT2D eigenvalue weighted by molar-refractivity contribution is 0.266. The van der Waals surface area contributed by atoms with Crippen LogP contribution < -0.4 is 5.32 Å². The molecule has 1 fully saturated rings. The van der Waals surface area contributed by atoms with Crippen LogP contribution in [-0.2, 0) is 0 Å². The third-order valence-electron chi connectivity index (χ3n) is 4.16. The van der Waals surface area contributed by atoms with Gasteiger partial charge in [0.05, 0.1) is 0 Å². The van der Waals surface area contributed by atoms with Crippen LogP contribution in [-0.4, -0.2) is 31.1 Å². The molecule has 0 bridgehead atoms. The van der Waals surface area contributed by atoms with Crippen LogP contribution in [0.4, 0.5) is 4.39 Å². The second-order valence-electron chi connectivity index (χ2n) is 5.71. The molecule has 0 radical (unpaired) electrons. The first-order valence-corrected chi connectivity index (χ1v) is 8.01. The summed E-state index contributed by atoms with van der Waals surface area (Å²) in [7, 11) is 0. The largest absolute Gasteiger partial charge is 0.310 e. The van der Waals surface area contributed by atoms with Gasteiger partial charge >= 0.3 is 0 Å². The van der Waals surface area contributed by atoms with Gasteiger partial charge in [-0.1, -0.05) is 31.9 Å². The SMILES string of the molecule is CCNC(CCN1CCCCCC1)c1ccc(F)cc1. The Kier molecular flexibility index (Phi) is 6.48. The molecule has 0 spiro atoms. The van der Waals surface area contributed by atoms with Crippen LogP contribution in [0.15, 0.2) is 24.3 Å². The summed E-state index contributed by atoms with van der Waals surface area (Å²) in [6.45, 7) is 6.68. The molecule has 1 aromatic rings. The molecule has 1 aliphatic heterocycles. The Hall–Kier alpha value is -0.930. The number of nitrogens with zero attached hydrogens (tertiary/aromatic N) is 1. The molecule has 112 valence electrons. The molecular weight excluding hydrogens is 251 g/mol. The zero-order chi connectivity index (χ0) is 14.2. The van der Waals surface area contributed by atoms with Gasteiger partial charge in [-0.3, -0.25) is 0 Å². The van der Waals surface area contributed by atoms with Crippen molar-refractivity contribution in [3.63, 3.8) is 0 Å². The number of nitrogens with one attached hydrogen (secondary N) is 1. The van der Waals surface area contributed by atoms with Crippen LogP contribution in [0.3, 0.4) is 0 Å². The van der Waals surface area contributed by atoms with Crippen LogP contribution in [0.1, 0.15) is 50.6 Å². The highest BCUT2D eigenvalue weighted by Crippen LogP contribution is 2.19. The van der Waals surface area contributed by atoms with Crippen molar-refractivity contribution in [3.05, 3.63) is 35.6 Å². The number of benzene rings is 1. The van der Waals surface area contributed by atoms with Gasteiger partial charge in [0, 0.05) is 6.04 Å². The van der Waals surface area contributed by atoms with Crippen LogP contribution in [0.2, 0.25) is 0 Å². The number of likely N-dealkylation sites (tertiary alicyclic amines) is 1. The smallest absolute Gasteiger partial charge is 0.123 e. The van der Waals surface area contributed by atoms with E-state index in [1.165, 1.54) is 44.3 Å². The van der Waals surface area contributed by atoms with E-state index >= 15 is 0 Å². The zero-order valence-electron chi connectivity index (χ0n) is 12.6. The number of halogens is 1. The van der Waals surface area contributed by atoms with E-state index in [2.05, 4.69) is 17.1 Å². The highest BCUT2D eigenvalue weighted by Gasteiger charge is 2.14. The van der Waals surface area contributed by atoms with Gasteiger partial charge in [0.1, 0.15) is 5.82 Å². The van der Waals surface area contributed by atoms with Gasteiger partial charge in [0.2, 0.25) is 0 Å². The summed E-state index contributed by atoms with van der Waals surface area (Å²) in [4.78, 5) is 2.58. The van der Waals surface area contributed by atoms with Crippen molar-refractivity contribution in [3.8, 4) is 0 Å². The van der Waals surface area contributed by atoms with Gasteiger partial charge in [0.25, 0.3) is 0 Å². The Labute approximate surface area is 122 Å². The van der Waals surface area contributed by atoms with E-state index in [4.69, 9.17) is 0 Å². The molecule has 20 heavy (non-hydrogen) atoms. The van der Waals surface area contributed by atoms with Gasteiger partial charge < -0.3 is 10.2 Å². The Bertz CT molecular complexity index is 369. The first-order chi connectivity index (χ1) is 9.79. The van der Waals surface area contributed by atoms with Gasteiger partial charge in [0.15, 0.2) is 0 Å². The molecule has 0 aromatic heterocycles. The Morgan fingerprint density at radius 3 is 2.35 bits per heavy atom. The predicted octanol–water partition coefficient (Wildman–Crippen LogP) is 3.74. The van der Waals surface area contributed by atoms with Crippen molar-refractivity contribution in [2.45, 2.75) is 45.1 Å². The first-order valence-electron chi connectivity index (χ1n) is 8.01. The molecular formula is C17H27FN2. The second-order valence-corrected chi connectivity index (χ2v) is 5.71. The van der Waals surface area contributed by atoms with Crippen LogP contribution >= 0.6 is 0 Å². The van der Waals surface area contributed by atoms with E-state index in [9.17, 15) is 4.39 Å². The standard InChI is InChI=1S/C17H27FN2/c1-2-19-17(15-7-9-16(18)10-8-15)11-14-20-12-5-3-4-6-13-20/h7-10,17,19H,2-6,11-14H2,1H3. The van der Waals surface area contributed by atoms with E-state index in [-0.39, 0.29) is 5.82 Å². The quantitative estimate of drug-likeness (QED) is 0.852. The van der Waals surface area contributed by atoms with Gasteiger partial charge in [-0.15, -0.1) is 0 Å². The summed E-state index contributed by atoms with van der Waals surface area (Å²) in [5, 5.41) is 3.52. The molecule has 1 unspecified atom stereocenters. The van der Waals surface area contributed by atoms with E-state index in [1.54, 1.807) is 12.1 Å². The average molecular weight is 278 g/mol. The molecule has 0 aliphatic carbocycles. The van der Waals surface area contributed by atoms with Gasteiger partial charge in [-0.25, -0.2) is 4.39 Å². The second kappa shape index (κ2) is 8.38. The zero-order valence-corrected chi connectivity index (χ0v) is 12.6. The molecule has 0 saturated carbocycles. The third kappa shape index (κ3) is 4.88. The molecule has 0 amide bonds. The van der Waals surface area contributed by atoms with Crippen molar-refractivity contribution >= 4 is 0 Å². The van der Waals surface area contributed by atoms with E-state index in [0.717, 1.165) is 19.5 Å². The third-order valence-corrected chi connectivity index (χ3v) is 4.16. The molecule has 3 heteroatoms. The summed E-state index contributed by atoms with van der Waals surface area (Å²) in [6, 6.07) is 7.27. The molecule has 1 N–H and O–H groups in total. The summed E-state index contributed by atoms with van der Waals surface area (Å²) < 4.78 is 13.0. The first kappa shape index (κ1) is 15.5.